The summed E-state index contributed by atoms with van der Waals surface area (Å²) >= 11 is 0. The highest BCUT2D eigenvalue weighted by molar-refractivity contribution is 5.94. The molecule has 3 aromatic rings. The molecule has 0 aliphatic heterocycles. The van der Waals surface area contributed by atoms with Gasteiger partial charge in [-0.1, -0.05) is 25.1 Å². The van der Waals surface area contributed by atoms with Crippen LogP contribution in [0.4, 0.5) is 11.4 Å². The van der Waals surface area contributed by atoms with E-state index >= 15 is 0 Å². The van der Waals surface area contributed by atoms with E-state index in [1.54, 1.807) is 36.4 Å². The molecule has 0 atom stereocenters. The summed E-state index contributed by atoms with van der Waals surface area (Å²) in [5, 5.41) is 6.01. The molecule has 0 spiro atoms. The number of amides is 2. The molecular weight excluding hydrogens is 356 g/mol. The molecule has 7 heteroatoms. The summed E-state index contributed by atoms with van der Waals surface area (Å²) in [6.45, 7) is 3.67. The van der Waals surface area contributed by atoms with Crippen LogP contribution >= 0.6 is 0 Å². The summed E-state index contributed by atoms with van der Waals surface area (Å²) in [7, 11) is 0. The van der Waals surface area contributed by atoms with Gasteiger partial charge in [0.25, 0.3) is 5.56 Å². The van der Waals surface area contributed by atoms with E-state index in [9.17, 15) is 14.4 Å². The zero-order valence-corrected chi connectivity index (χ0v) is 15.9. The summed E-state index contributed by atoms with van der Waals surface area (Å²) in [6.07, 6.45) is 2.59. The Labute approximate surface area is 162 Å². The van der Waals surface area contributed by atoms with Gasteiger partial charge < -0.3 is 10.6 Å². The highest BCUT2D eigenvalue weighted by Gasteiger charge is 2.10. The van der Waals surface area contributed by atoms with E-state index in [1.807, 2.05) is 19.9 Å². The van der Waals surface area contributed by atoms with Gasteiger partial charge in [-0.15, -0.1) is 0 Å². The zero-order valence-electron chi connectivity index (χ0n) is 15.9. The molecule has 0 bridgehead atoms. The highest BCUT2D eigenvalue weighted by Crippen LogP contribution is 2.16. The molecule has 0 fully saturated rings. The molecule has 7 nitrogen and oxygen atoms in total. The van der Waals surface area contributed by atoms with E-state index in [0.29, 0.717) is 28.7 Å². The zero-order chi connectivity index (χ0) is 20.1. The summed E-state index contributed by atoms with van der Waals surface area (Å²) in [5.74, 6) is -0.428. The van der Waals surface area contributed by atoms with E-state index in [4.69, 9.17) is 0 Å². The third-order valence-electron chi connectivity index (χ3n) is 4.28. The molecule has 3 rings (SSSR count). The van der Waals surface area contributed by atoms with E-state index in [0.717, 1.165) is 12.0 Å². The molecule has 0 unspecified atom stereocenters. The Kier molecular flexibility index (Phi) is 5.84. The lowest BCUT2D eigenvalue weighted by atomic mass is 10.1. The molecule has 0 radical (unpaired) electrons. The van der Waals surface area contributed by atoms with Crippen LogP contribution in [-0.4, -0.2) is 21.4 Å². The molecular formula is C21H22N4O3. The van der Waals surface area contributed by atoms with Crippen molar-refractivity contribution < 1.29 is 9.59 Å². The van der Waals surface area contributed by atoms with Crippen LogP contribution in [0.1, 0.15) is 25.3 Å². The van der Waals surface area contributed by atoms with Crippen LogP contribution in [0.5, 0.6) is 0 Å². The van der Waals surface area contributed by atoms with Gasteiger partial charge >= 0.3 is 0 Å². The van der Waals surface area contributed by atoms with Crippen molar-refractivity contribution >= 4 is 34.1 Å². The Bertz CT molecular complexity index is 1090. The maximum Gasteiger partial charge on any atom is 0.261 e. The van der Waals surface area contributed by atoms with Crippen molar-refractivity contribution in [2.45, 2.75) is 33.2 Å². The van der Waals surface area contributed by atoms with Crippen molar-refractivity contribution in [3.8, 4) is 0 Å². The molecule has 2 amide bonds. The minimum atomic E-state index is -0.354. The minimum absolute atomic E-state index is 0.0740. The molecule has 1 aromatic heterocycles. The van der Waals surface area contributed by atoms with E-state index in [2.05, 4.69) is 15.6 Å². The molecule has 28 heavy (non-hydrogen) atoms. The number of carbonyl (C=O) groups excluding carboxylic acids is 2. The number of anilines is 2. The quantitative estimate of drug-likeness (QED) is 0.689. The summed E-state index contributed by atoms with van der Waals surface area (Å²) in [4.78, 5) is 41.0. The maximum atomic E-state index is 12.6. The second-order valence-corrected chi connectivity index (χ2v) is 6.58. The van der Waals surface area contributed by atoms with Gasteiger partial charge in [-0.3, -0.25) is 19.0 Å². The first-order valence-electron chi connectivity index (χ1n) is 9.12. The molecule has 0 saturated heterocycles. The number of aromatic nitrogens is 2. The normalized spacial score (nSPS) is 10.6. The van der Waals surface area contributed by atoms with Crippen molar-refractivity contribution in [3.63, 3.8) is 0 Å². The Morgan fingerprint density at radius 3 is 2.43 bits per heavy atom. The lowest BCUT2D eigenvalue weighted by Gasteiger charge is -2.10. The number of para-hydroxylation sites is 1. The van der Waals surface area contributed by atoms with Crippen LogP contribution in [0.3, 0.4) is 0 Å². The van der Waals surface area contributed by atoms with E-state index in [1.165, 1.54) is 10.9 Å². The minimum Gasteiger partial charge on any atom is -0.326 e. The smallest absolute Gasteiger partial charge is 0.261 e. The molecule has 0 saturated carbocycles. The van der Waals surface area contributed by atoms with Gasteiger partial charge in [0, 0.05) is 17.8 Å². The van der Waals surface area contributed by atoms with E-state index in [-0.39, 0.29) is 23.9 Å². The largest absolute Gasteiger partial charge is 0.326 e. The number of benzene rings is 2. The van der Waals surface area contributed by atoms with E-state index < -0.39 is 0 Å². The third-order valence-corrected chi connectivity index (χ3v) is 4.28. The Morgan fingerprint density at radius 1 is 1.04 bits per heavy atom. The standard InChI is InChI=1S/C21H22N4O3/c1-3-6-18(26)23-15-8-5-9-16(11-15)24-19(27)12-25-13-22-20-14(2)7-4-10-17(20)21(25)28/h4-5,7-11,13H,3,6,12H2,1-2H3,(H,23,26)(H,24,27). The number of hydrogen-bond donors (Lipinski definition) is 2. The molecule has 2 N–H and O–H groups in total. The van der Waals surface area contributed by atoms with Crippen molar-refractivity contribution in [1.82, 2.24) is 9.55 Å². The van der Waals surface area contributed by atoms with Gasteiger partial charge in [-0.2, -0.15) is 0 Å². The first-order chi connectivity index (χ1) is 13.5. The summed E-state index contributed by atoms with van der Waals surface area (Å²) in [6, 6.07) is 12.3. The number of nitrogens with one attached hydrogen (secondary N) is 2. The fourth-order valence-electron chi connectivity index (χ4n) is 2.93. The average Bonchev–Trinajstić information content (AvgIpc) is 2.65. The van der Waals surface area contributed by atoms with Gasteiger partial charge in [0.2, 0.25) is 11.8 Å². The Hall–Kier alpha value is -3.48. The second kappa shape index (κ2) is 8.47. The van der Waals surface area contributed by atoms with Gasteiger partial charge in [0.05, 0.1) is 17.2 Å². The predicted molar refractivity (Wildman–Crippen MR) is 109 cm³/mol. The fourth-order valence-corrected chi connectivity index (χ4v) is 2.93. The number of fused-ring (bicyclic) bond motifs is 1. The number of carbonyl (C=O) groups is 2. The van der Waals surface area contributed by atoms with Crippen LogP contribution in [-0.2, 0) is 16.1 Å². The third kappa shape index (κ3) is 4.43. The molecule has 0 aliphatic rings. The van der Waals surface area contributed by atoms with Crippen LogP contribution in [0, 0.1) is 6.92 Å². The lowest BCUT2D eigenvalue weighted by Crippen LogP contribution is -2.28. The van der Waals surface area contributed by atoms with Crippen LogP contribution in [0.25, 0.3) is 10.9 Å². The number of hydrogen-bond acceptors (Lipinski definition) is 4. The van der Waals surface area contributed by atoms with Gasteiger partial charge in [-0.05, 0) is 43.2 Å². The van der Waals surface area contributed by atoms with Gasteiger partial charge in [0.1, 0.15) is 6.54 Å². The molecule has 2 aromatic carbocycles. The Morgan fingerprint density at radius 2 is 1.71 bits per heavy atom. The van der Waals surface area contributed by atoms with Crippen LogP contribution in [0.2, 0.25) is 0 Å². The predicted octanol–water partition coefficient (Wildman–Crippen LogP) is 3.08. The lowest BCUT2D eigenvalue weighted by molar-refractivity contribution is -0.117. The highest BCUT2D eigenvalue weighted by atomic mass is 16.2. The SMILES string of the molecule is CCCC(=O)Nc1cccc(NC(=O)Cn2cnc3c(C)cccc3c2=O)c1. The first-order valence-corrected chi connectivity index (χ1v) is 9.12. The van der Waals surface area contributed by atoms with Gasteiger partial charge in [-0.25, -0.2) is 4.98 Å². The molecule has 0 aliphatic carbocycles. The molecule has 144 valence electrons. The summed E-state index contributed by atoms with van der Waals surface area (Å²) in [5.41, 5.74) is 2.44. The fraction of sp³-hybridized carbons (Fsp3) is 0.238. The summed E-state index contributed by atoms with van der Waals surface area (Å²) < 4.78 is 1.28. The van der Waals surface area contributed by atoms with Crippen molar-refractivity contribution in [2.75, 3.05) is 10.6 Å². The molecule has 1 heterocycles. The van der Waals surface area contributed by atoms with Crippen molar-refractivity contribution in [3.05, 3.63) is 64.7 Å². The van der Waals surface area contributed by atoms with Gasteiger partial charge in [0.15, 0.2) is 0 Å². The monoisotopic (exact) mass is 378 g/mol. The van der Waals surface area contributed by atoms with Crippen molar-refractivity contribution in [1.29, 1.82) is 0 Å². The maximum absolute atomic E-state index is 12.6. The first kappa shape index (κ1) is 19.3. The average molecular weight is 378 g/mol. The Balaban J connectivity index is 1.73. The second-order valence-electron chi connectivity index (χ2n) is 6.58. The van der Waals surface area contributed by atoms with Crippen LogP contribution < -0.4 is 16.2 Å². The number of nitrogens with zero attached hydrogens (tertiary/aromatic N) is 2. The number of aryl methyl sites for hydroxylation is 1. The van der Waals surface area contributed by atoms with Crippen LogP contribution in [0.15, 0.2) is 53.6 Å². The number of rotatable bonds is 6. The van der Waals surface area contributed by atoms with Crippen molar-refractivity contribution in [2.24, 2.45) is 0 Å². The topological polar surface area (TPSA) is 93.1 Å².